The van der Waals surface area contributed by atoms with Crippen LogP contribution in [0.25, 0.3) is 66.5 Å². The third kappa shape index (κ3) is 4.77. The Kier molecular flexibility index (Phi) is 7.24. The molecular formula is C53H35N5Si. The molecule has 4 aromatic heterocycles. The van der Waals surface area contributed by atoms with Crippen LogP contribution in [-0.4, -0.2) is 26.0 Å². The van der Waals surface area contributed by atoms with Gasteiger partial charge in [0.15, 0.2) is 8.07 Å². The second-order valence-corrected chi connectivity index (χ2v) is 19.2. The molecule has 12 rings (SSSR count). The maximum atomic E-state index is 9.82. The first kappa shape index (κ1) is 33.3. The Morgan fingerprint density at radius 2 is 0.780 bits per heavy atom. The molecule has 4 heterocycles. The minimum atomic E-state index is -3.01. The van der Waals surface area contributed by atoms with Crippen molar-refractivity contribution >= 4 is 84.0 Å². The van der Waals surface area contributed by atoms with Crippen molar-refractivity contribution in [2.45, 2.75) is 0 Å². The van der Waals surface area contributed by atoms with E-state index in [1.54, 1.807) is 0 Å². The van der Waals surface area contributed by atoms with Crippen LogP contribution in [0, 0.1) is 11.3 Å². The van der Waals surface area contributed by atoms with Gasteiger partial charge in [-0.1, -0.05) is 133 Å². The highest BCUT2D eigenvalue weighted by Gasteiger charge is 2.42. The SMILES string of the molecule is N#Cc1ccc2cc3n(-c4cccc([Si](c5ccccc5)(c5ccccc5)c5cccc(-n6c7ccccc7n7c8ccccc8cc67)c5)c4)c4ccccc4n3c2c1. The lowest BCUT2D eigenvalue weighted by Gasteiger charge is -2.35. The topological polar surface area (TPSA) is 42.5 Å². The van der Waals surface area contributed by atoms with Gasteiger partial charge >= 0.3 is 0 Å². The second-order valence-electron chi connectivity index (χ2n) is 15.4. The number of fused-ring (bicyclic) bond motifs is 10. The molecule has 0 saturated carbocycles. The van der Waals surface area contributed by atoms with Gasteiger partial charge in [0, 0.05) is 22.1 Å². The lowest BCUT2D eigenvalue weighted by atomic mass is 10.2. The van der Waals surface area contributed by atoms with E-state index >= 15 is 0 Å². The van der Waals surface area contributed by atoms with E-state index < -0.39 is 8.07 Å². The molecule has 5 nitrogen and oxygen atoms in total. The fourth-order valence-corrected chi connectivity index (χ4v) is 14.6. The van der Waals surface area contributed by atoms with Crippen LogP contribution in [0.1, 0.15) is 5.56 Å². The molecule has 0 unspecified atom stereocenters. The number of benzene rings is 8. The van der Waals surface area contributed by atoms with Gasteiger partial charge in [0.05, 0.1) is 44.7 Å². The van der Waals surface area contributed by atoms with Gasteiger partial charge in [-0.15, -0.1) is 0 Å². The summed E-state index contributed by atoms with van der Waals surface area (Å²) < 4.78 is 9.51. The minimum Gasteiger partial charge on any atom is -0.294 e. The lowest BCUT2D eigenvalue weighted by molar-refractivity contribution is 1.15. The van der Waals surface area contributed by atoms with Gasteiger partial charge in [-0.05, 0) is 99.6 Å². The highest BCUT2D eigenvalue weighted by atomic mass is 28.3. The largest absolute Gasteiger partial charge is 0.294 e. The Balaban J connectivity index is 1.15. The van der Waals surface area contributed by atoms with Crippen LogP contribution in [0.4, 0.5) is 0 Å². The first-order valence-corrected chi connectivity index (χ1v) is 22.0. The van der Waals surface area contributed by atoms with Crippen LogP contribution in [0.5, 0.6) is 0 Å². The highest BCUT2D eigenvalue weighted by Crippen LogP contribution is 2.33. The van der Waals surface area contributed by atoms with E-state index in [0.29, 0.717) is 5.56 Å². The van der Waals surface area contributed by atoms with Crippen molar-refractivity contribution in [2.24, 2.45) is 0 Å². The Morgan fingerprint density at radius 3 is 1.32 bits per heavy atom. The average Bonchev–Trinajstić information content (AvgIpc) is 4.04. The summed E-state index contributed by atoms with van der Waals surface area (Å²) in [6.07, 6.45) is 0. The molecule has 0 radical (unpaired) electrons. The Hall–Kier alpha value is -7.85. The molecule has 0 spiro atoms. The molecule has 0 amide bonds. The number of hydrogen-bond donors (Lipinski definition) is 0. The minimum absolute atomic E-state index is 0.652. The number of nitriles is 1. The molecule has 0 aliphatic heterocycles. The van der Waals surface area contributed by atoms with Gasteiger partial charge in [-0.25, -0.2) is 0 Å². The van der Waals surface area contributed by atoms with Crippen LogP contribution < -0.4 is 20.7 Å². The predicted octanol–water partition coefficient (Wildman–Crippen LogP) is 9.64. The van der Waals surface area contributed by atoms with Crippen LogP contribution in [0.2, 0.25) is 0 Å². The van der Waals surface area contributed by atoms with E-state index in [1.165, 1.54) is 42.7 Å². The number of imidazole rings is 2. The van der Waals surface area contributed by atoms with E-state index in [1.807, 2.05) is 12.1 Å². The zero-order valence-corrected chi connectivity index (χ0v) is 32.9. The Bertz CT molecular complexity index is 3600. The van der Waals surface area contributed by atoms with E-state index in [4.69, 9.17) is 0 Å². The van der Waals surface area contributed by atoms with Crippen LogP contribution in [0.3, 0.4) is 0 Å². The maximum Gasteiger partial charge on any atom is 0.179 e. The third-order valence-electron chi connectivity index (χ3n) is 12.3. The molecule has 0 saturated heterocycles. The smallest absolute Gasteiger partial charge is 0.179 e. The summed E-state index contributed by atoms with van der Waals surface area (Å²) in [5.41, 5.74) is 11.9. The molecule has 0 fully saturated rings. The van der Waals surface area contributed by atoms with Gasteiger partial charge in [0.1, 0.15) is 11.3 Å². The number of hydrogen-bond acceptors (Lipinski definition) is 1. The molecule has 0 aliphatic carbocycles. The summed E-state index contributed by atoms with van der Waals surface area (Å²) in [6.45, 7) is 0. The van der Waals surface area contributed by atoms with Gasteiger partial charge in [0.25, 0.3) is 0 Å². The summed E-state index contributed by atoms with van der Waals surface area (Å²) >= 11 is 0. The van der Waals surface area contributed by atoms with E-state index in [-0.39, 0.29) is 0 Å². The molecule has 0 N–H and O–H groups in total. The van der Waals surface area contributed by atoms with Crippen LogP contribution >= 0.6 is 0 Å². The quantitative estimate of drug-likeness (QED) is 0.123. The van der Waals surface area contributed by atoms with Gasteiger partial charge in [0.2, 0.25) is 0 Å². The molecule has 12 aromatic rings. The number of nitrogens with zero attached hydrogens (tertiary/aromatic N) is 5. The maximum absolute atomic E-state index is 9.82. The summed E-state index contributed by atoms with van der Waals surface area (Å²) in [5.74, 6) is 0. The average molecular weight is 770 g/mol. The van der Waals surface area contributed by atoms with Crippen molar-refractivity contribution in [3.63, 3.8) is 0 Å². The zero-order chi connectivity index (χ0) is 39.1. The Labute approximate surface area is 341 Å². The summed E-state index contributed by atoms with van der Waals surface area (Å²) in [7, 11) is -3.01. The molecule has 0 atom stereocenters. The summed E-state index contributed by atoms with van der Waals surface area (Å²) in [6, 6.07) is 79.8. The molecule has 59 heavy (non-hydrogen) atoms. The molecule has 0 aliphatic rings. The van der Waals surface area contributed by atoms with Gasteiger partial charge in [-0.3, -0.25) is 17.9 Å². The normalized spacial score (nSPS) is 12.1. The Morgan fingerprint density at radius 1 is 0.339 bits per heavy atom. The number of aromatic nitrogens is 4. The van der Waals surface area contributed by atoms with Gasteiger partial charge in [-0.2, -0.15) is 5.26 Å². The van der Waals surface area contributed by atoms with Gasteiger partial charge < -0.3 is 0 Å². The van der Waals surface area contributed by atoms with Crippen molar-refractivity contribution in [3.05, 3.63) is 218 Å². The van der Waals surface area contributed by atoms with Crippen molar-refractivity contribution in [2.75, 3.05) is 0 Å². The van der Waals surface area contributed by atoms with E-state index in [0.717, 1.165) is 44.6 Å². The number of rotatable bonds is 6. The summed E-state index contributed by atoms with van der Waals surface area (Å²) in [4.78, 5) is 0. The highest BCUT2D eigenvalue weighted by molar-refractivity contribution is 7.20. The van der Waals surface area contributed by atoms with E-state index in [9.17, 15) is 5.26 Å². The third-order valence-corrected chi connectivity index (χ3v) is 17.0. The van der Waals surface area contributed by atoms with E-state index in [2.05, 4.69) is 224 Å². The van der Waals surface area contributed by atoms with Crippen molar-refractivity contribution in [1.82, 2.24) is 17.9 Å². The second kappa shape index (κ2) is 12.8. The molecule has 0 bridgehead atoms. The van der Waals surface area contributed by atoms with Crippen molar-refractivity contribution in [1.29, 1.82) is 5.26 Å². The molecular weight excluding hydrogens is 735 g/mol. The zero-order valence-electron chi connectivity index (χ0n) is 31.9. The van der Waals surface area contributed by atoms with Crippen LogP contribution in [-0.2, 0) is 0 Å². The van der Waals surface area contributed by atoms with Crippen molar-refractivity contribution < 1.29 is 0 Å². The monoisotopic (exact) mass is 769 g/mol. The fraction of sp³-hybridized carbons (Fsp3) is 0. The first-order valence-electron chi connectivity index (χ1n) is 20.0. The molecule has 6 heteroatoms. The summed E-state index contributed by atoms with van der Waals surface area (Å²) in [5, 5.41) is 17.4. The number of para-hydroxylation sites is 5. The predicted molar refractivity (Wildman–Crippen MR) is 245 cm³/mol. The fourth-order valence-electron chi connectivity index (χ4n) is 9.84. The van der Waals surface area contributed by atoms with Crippen molar-refractivity contribution in [3.8, 4) is 17.4 Å². The standard InChI is InChI=1S/C53H35N5Si/c54-36-37-29-30-39-33-53-56(48-26-10-12-28-50(48)58(53)51(39)31-37)41-17-14-23-45(35-41)59(42-18-3-1-4-19-42,43-20-5-2-6-21-43)44-22-13-16-40(34-44)55-47-25-9-11-27-49(47)57-46-24-8-7-15-38(46)32-52(55)57/h1-35H. The molecule has 276 valence electrons. The first-order chi connectivity index (χ1) is 29.2. The lowest BCUT2D eigenvalue weighted by Crippen LogP contribution is -2.74. The molecule has 8 aromatic carbocycles. The van der Waals surface area contributed by atoms with Crippen LogP contribution in [0.15, 0.2) is 212 Å².